The van der Waals surface area contributed by atoms with Crippen molar-refractivity contribution in [3.05, 3.63) is 28.7 Å². The lowest BCUT2D eigenvalue weighted by Crippen LogP contribution is -2.37. The SMILES string of the molecule is Brc1ccc(SCCN2CCOCC2)cc1. The molecule has 0 amide bonds. The van der Waals surface area contributed by atoms with Gasteiger partial charge >= 0.3 is 0 Å². The van der Waals surface area contributed by atoms with Crippen LogP contribution in [0.5, 0.6) is 0 Å². The number of hydrogen-bond acceptors (Lipinski definition) is 3. The van der Waals surface area contributed by atoms with E-state index in [9.17, 15) is 0 Å². The smallest absolute Gasteiger partial charge is 0.0594 e. The molecule has 1 saturated heterocycles. The Balaban J connectivity index is 1.69. The molecule has 0 N–H and O–H groups in total. The van der Waals surface area contributed by atoms with Gasteiger partial charge in [-0.2, -0.15) is 0 Å². The van der Waals surface area contributed by atoms with Crippen molar-refractivity contribution < 1.29 is 4.74 Å². The van der Waals surface area contributed by atoms with E-state index in [0.717, 1.165) is 43.1 Å². The molecule has 88 valence electrons. The highest BCUT2D eigenvalue weighted by Gasteiger charge is 2.09. The second-order valence-electron chi connectivity index (χ2n) is 3.76. The summed E-state index contributed by atoms with van der Waals surface area (Å²) in [4.78, 5) is 3.81. The van der Waals surface area contributed by atoms with Gasteiger partial charge in [0.2, 0.25) is 0 Å². The highest BCUT2D eigenvalue weighted by Crippen LogP contribution is 2.20. The Morgan fingerprint density at radius 2 is 1.88 bits per heavy atom. The summed E-state index contributed by atoms with van der Waals surface area (Å²) in [5, 5.41) is 0. The van der Waals surface area contributed by atoms with Crippen LogP contribution in [0, 0.1) is 0 Å². The quantitative estimate of drug-likeness (QED) is 0.794. The Morgan fingerprint density at radius 3 is 2.56 bits per heavy atom. The maximum atomic E-state index is 5.32. The summed E-state index contributed by atoms with van der Waals surface area (Å²) in [5.74, 6) is 1.15. The predicted octanol–water partition coefficient (Wildman–Crippen LogP) is 2.87. The van der Waals surface area contributed by atoms with E-state index in [1.54, 1.807) is 0 Å². The lowest BCUT2D eigenvalue weighted by molar-refractivity contribution is 0.0410. The molecule has 0 saturated carbocycles. The lowest BCUT2D eigenvalue weighted by Gasteiger charge is -2.26. The number of morpholine rings is 1. The fraction of sp³-hybridized carbons (Fsp3) is 0.500. The molecule has 0 bridgehead atoms. The minimum Gasteiger partial charge on any atom is -0.379 e. The summed E-state index contributed by atoms with van der Waals surface area (Å²) in [7, 11) is 0. The van der Waals surface area contributed by atoms with Gasteiger partial charge in [0, 0.05) is 34.8 Å². The van der Waals surface area contributed by atoms with Gasteiger partial charge in [0.05, 0.1) is 13.2 Å². The number of hydrogen-bond donors (Lipinski definition) is 0. The zero-order valence-electron chi connectivity index (χ0n) is 9.19. The van der Waals surface area contributed by atoms with Gasteiger partial charge in [-0.1, -0.05) is 15.9 Å². The lowest BCUT2D eigenvalue weighted by atomic mass is 10.4. The minimum absolute atomic E-state index is 0.892. The van der Waals surface area contributed by atoms with Gasteiger partial charge in [-0.05, 0) is 24.3 Å². The average molecular weight is 302 g/mol. The van der Waals surface area contributed by atoms with Gasteiger partial charge in [0.1, 0.15) is 0 Å². The van der Waals surface area contributed by atoms with Crippen LogP contribution in [0.1, 0.15) is 0 Å². The van der Waals surface area contributed by atoms with Crippen LogP contribution in [0.3, 0.4) is 0 Å². The van der Waals surface area contributed by atoms with Crippen LogP contribution in [0.4, 0.5) is 0 Å². The summed E-state index contributed by atoms with van der Waals surface area (Å²) >= 11 is 5.36. The predicted molar refractivity (Wildman–Crippen MR) is 72.1 cm³/mol. The van der Waals surface area contributed by atoms with Crippen molar-refractivity contribution in [1.29, 1.82) is 0 Å². The number of rotatable bonds is 4. The third-order valence-electron chi connectivity index (χ3n) is 2.59. The molecule has 1 aromatic carbocycles. The van der Waals surface area contributed by atoms with Crippen molar-refractivity contribution in [2.75, 3.05) is 38.6 Å². The first kappa shape index (κ1) is 12.4. The molecule has 1 fully saturated rings. The molecule has 1 heterocycles. The molecule has 0 unspecified atom stereocenters. The third kappa shape index (κ3) is 4.09. The van der Waals surface area contributed by atoms with Crippen molar-refractivity contribution in [3.8, 4) is 0 Å². The first-order valence-corrected chi connectivity index (χ1v) is 7.31. The number of halogens is 1. The Morgan fingerprint density at radius 1 is 1.19 bits per heavy atom. The highest BCUT2D eigenvalue weighted by molar-refractivity contribution is 9.10. The molecule has 0 aromatic heterocycles. The second-order valence-corrected chi connectivity index (χ2v) is 5.84. The van der Waals surface area contributed by atoms with Crippen LogP contribution >= 0.6 is 27.7 Å². The van der Waals surface area contributed by atoms with Crippen LogP contribution in [-0.2, 0) is 4.74 Å². The van der Waals surface area contributed by atoms with E-state index in [0.29, 0.717) is 0 Å². The van der Waals surface area contributed by atoms with Crippen LogP contribution in [0.15, 0.2) is 33.6 Å². The van der Waals surface area contributed by atoms with Gasteiger partial charge in [-0.3, -0.25) is 4.90 Å². The number of ether oxygens (including phenoxy) is 1. The van der Waals surface area contributed by atoms with Crippen LogP contribution in [0.2, 0.25) is 0 Å². The largest absolute Gasteiger partial charge is 0.379 e. The standard InChI is InChI=1S/C12H16BrNOS/c13-11-1-3-12(4-2-11)16-10-7-14-5-8-15-9-6-14/h1-4H,5-10H2. The van der Waals surface area contributed by atoms with E-state index in [1.165, 1.54) is 4.90 Å². The second kappa shape index (κ2) is 6.64. The van der Waals surface area contributed by atoms with Gasteiger partial charge in [0.15, 0.2) is 0 Å². The van der Waals surface area contributed by atoms with Crippen molar-refractivity contribution in [3.63, 3.8) is 0 Å². The van der Waals surface area contributed by atoms with Crippen LogP contribution in [0.25, 0.3) is 0 Å². The monoisotopic (exact) mass is 301 g/mol. The Labute approximate surface area is 109 Å². The molecule has 0 radical (unpaired) electrons. The molecular weight excluding hydrogens is 286 g/mol. The van der Waals surface area contributed by atoms with Gasteiger partial charge < -0.3 is 4.74 Å². The Kier molecular flexibility index (Phi) is 5.16. The zero-order valence-corrected chi connectivity index (χ0v) is 11.6. The van der Waals surface area contributed by atoms with E-state index < -0.39 is 0 Å². The Bertz CT molecular complexity index is 311. The molecule has 0 atom stereocenters. The summed E-state index contributed by atoms with van der Waals surface area (Å²) in [6, 6.07) is 8.51. The molecule has 16 heavy (non-hydrogen) atoms. The van der Waals surface area contributed by atoms with Crippen molar-refractivity contribution in [2.24, 2.45) is 0 Å². The molecule has 2 nitrogen and oxygen atoms in total. The van der Waals surface area contributed by atoms with Gasteiger partial charge in [-0.15, -0.1) is 11.8 Å². The van der Waals surface area contributed by atoms with E-state index in [4.69, 9.17) is 4.74 Å². The first-order valence-electron chi connectivity index (χ1n) is 5.53. The van der Waals surface area contributed by atoms with E-state index >= 15 is 0 Å². The fourth-order valence-electron chi connectivity index (χ4n) is 1.65. The fourth-order valence-corrected chi connectivity index (χ4v) is 2.83. The summed E-state index contributed by atoms with van der Waals surface area (Å²) in [6.07, 6.45) is 0. The van der Waals surface area contributed by atoms with Gasteiger partial charge in [-0.25, -0.2) is 0 Å². The maximum Gasteiger partial charge on any atom is 0.0594 e. The summed E-state index contributed by atoms with van der Waals surface area (Å²) in [6.45, 7) is 5.11. The van der Waals surface area contributed by atoms with E-state index in [1.807, 2.05) is 11.8 Å². The van der Waals surface area contributed by atoms with Crippen LogP contribution < -0.4 is 0 Å². The molecule has 1 aliphatic heterocycles. The normalized spacial score (nSPS) is 17.6. The molecular formula is C12H16BrNOS. The molecule has 4 heteroatoms. The summed E-state index contributed by atoms with van der Waals surface area (Å²) in [5.41, 5.74) is 0. The summed E-state index contributed by atoms with van der Waals surface area (Å²) < 4.78 is 6.47. The third-order valence-corrected chi connectivity index (χ3v) is 4.11. The zero-order chi connectivity index (χ0) is 11.2. The maximum absolute atomic E-state index is 5.32. The Hall–Kier alpha value is -0.0300. The molecule has 0 spiro atoms. The van der Waals surface area contributed by atoms with E-state index in [2.05, 4.69) is 45.1 Å². The first-order chi connectivity index (χ1) is 7.84. The van der Waals surface area contributed by atoms with Crippen molar-refractivity contribution in [1.82, 2.24) is 4.90 Å². The van der Waals surface area contributed by atoms with Gasteiger partial charge in [0.25, 0.3) is 0 Å². The van der Waals surface area contributed by atoms with Crippen molar-refractivity contribution >= 4 is 27.7 Å². The molecule has 1 aliphatic rings. The molecule has 2 rings (SSSR count). The topological polar surface area (TPSA) is 12.5 Å². The van der Waals surface area contributed by atoms with Crippen LogP contribution in [-0.4, -0.2) is 43.5 Å². The number of nitrogens with zero attached hydrogens (tertiary/aromatic N) is 1. The minimum atomic E-state index is 0.892. The van der Waals surface area contributed by atoms with E-state index in [-0.39, 0.29) is 0 Å². The van der Waals surface area contributed by atoms with Crippen molar-refractivity contribution in [2.45, 2.75) is 4.90 Å². The number of thioether (sulfide) groups is 1. The average Bonchev–Trinajstić information content (AvgIpc) is 2.33. The molecule has 0 aliphatic carbocycles. The number of benzene rings is 1. The highest BCUT2D eigenvalue weighted by atomic mass is 79.9. The molecule has 1 aromatic rings.